The zero-order valence-corrected chi connectivity index (χ0v) is 13.9. The van der Waals surface area contributed by atoms with Crippen molar-refractivity contribution in [2.75, 3.05) is 5.75 Å². The number of nitrogens with zero attached hydrogens (tertiary/aromatic N) is 2. The largest absolute Gasteiger partial charge is 0.293 e. The summed E-state index contributed by atoms with van der Waals surface area (Å²) in [6, 6.07) is 5.99. The van der Waals surface area contributed by atoms with Gasteiger partial charge in [0.1, 0.15) is 5.82 Å². The molecule has 1 aromatic heterocycles. The fourth-order valence-electron chi connectivity index (χ4n) is 2.95. The molecule has 116 valence electrons. The zero-order chi connectivity index (χ0) is 15.5. The number of aromatic amines is 1. The molecule has 2 aromatic rings. The summed E-state index contributed by atoms with van der Waals surface area (Å²) in [6.07, 6.45) is 4.94. The summed E-state index contributed by atoms with van der Waals surface area (Å²) in [4.78, 5) is 16.9. The molecule has 1 aliphatic carbocycles. The first kappa shape index (κ1) is 15.3. The minimum Gasteiger partial charge on any atom is -0.293 e. The van der Waals surface area contributed by atoms with Crippen molar-refractivity contribution < 1.29 is 4.79 Å². The smallest absolute Gasteiger partial charge is 0.208 e. The summed E-state index contributed by atoms with van der Waals surface area (Å²) in [5.41, 5.74) is 2.94. The molecule has 0 unspecified atom stereocenters. The maximum Gasteiger partial charge on any atom is 0.208 e. The Hall–Kier alpha value is -1.62. The molecule has 0 aliphatic heterocycles. The first-order valence-corrected chi connectivity index (χ1v) is 8.77. The van der Waals surface area contributed by atoms with E-state index >= 15 is 0 Å². The molecule has 5 heteroatoms. The van der Waals surface area contributed by atoms with Crippen LogP contribution in [0.4, 0.5) is 0 Å². The van der Waals surface area contributed by atoms with Gasteiger partial charge in [0.25, 0.3) is 0 Å². The van der Waals surface area contributed by atoms with Gasteiger partial charge in [-0.25, -0.2) is 4.98 Å². The van der Waals surface area contributed by atoms with E-state index < -0.39 is 0 Å². The number of aromatic nitrogens is 3. The molecule has 1 aromatic carbocycles. The Morgan fingerprint density at radius 1 is 1.32 bits per heavy atom. The maximum absolute atomic E-state index is 12.4. The molecule has 0 bridgehead atoms. The van der Waals surface area contributed by atoms with E-state index in [0.29, 0.717) is 16.8 Å². The van der Waals surface area contributed by atoms with Gasteiger partial charge in [-0.15, -0.1) is 5.10 Å². The highest BCUT2D eigenvalue weighted by molar-refractivity contribution is 7.99. The van der Waals surface area contributed by atoms with Crippen LogP contribution in [0.2, 0.25) is 0 Å². The minimum absolute atomic E-state index is 0.137. The van der Waals surface area contributed by atoms with Crippen LogP contribution in [0.1, 0.15) is 58.9 Å². The molecule has 0 atom stereocenters. The molecule has 3 rings (SSSR count). The minimum atomic E-state index is 0.137. The number of hydrogen-bond acceptors (Lipinski definition) is 4. The van der Waals surface area contributed by atoms with Crippen LogP contribution in [0.25, 0.3) is 0 Å². The van der Waals surface area contributed by atoms with E-state index in [4.69, 9.17) is 0 Å². The van der Waals surface area contributed by atoms with E-state index in [1.807, 2.05) is 32.0 Å². The molecular weight excluding hydrogens is 294 g/mol. The number of benzene rings is 1. The molecule has 1 aliphatic rings. The van der Waals surface area contributed by atoms with Crippen molar-refractivity contribution in [1.29, 1.82) is 0 Å². The molecule has 22 heavy (non-hydrogen) atoms. The van der Waals surface area contributed by atoms with Crippen molar-refractivity contribution in [3.8, 4) is 0 Å². The predicted octanol–water partition coefficient (Wildman–Crippen LogP) is 4.05. The number of nitrogens with one attached hydrogen (secondary N) is 1. The maximum atomic E-state index is 12.4. The molecule has 0 amide bonds. The lowest BCUT2D eigenvalue weighted by Gasteiger charge is -2.05. The number of rotatable bonds is 5. The van der Waals surface area contributed by atoms with E-state index in [1.54, 1.807) is 0 Å². The Kier molecular flexibility index (Phi) is 4.62. The standard InChI is InChI=1S/C17H21N3OS/c1-11-7-8-12(2)14(9-11)15(21)10-22-17-18-16(19-20-17)13-5-3-4-6-13/h7-9,13H,3-6,10H2,1-2H3,(H,18,19,20). The summed E-state index contributed by atoms with van der Waals surface area (Å²) in [5, 5.41) is 7.96. The molecule has 0 radical (unpaired) electrons. The molecule has 4 nitrogen and oxygen atoms in total. The fraction of sp³-hybridized carbons (Fsp3) is 0.471. The number of ketones is 1. The van der Waals surface area contributed by atoms with Crippen molar-refractivity contribution in [3.05, 3.63) is 40.7 Å². The van der Waals surface area contributed by atoms with Gasteiger partial charge in [-0.1, -0.05) is 42.3 Å². The summed E-state index contributed by atoms with van der Waals surface area (Å²) >= 11 is 1.41. The third-order valence-corrected chi connectivity index (χ3v) is 5.10. The summed E-state index contributed by atoms with van der Waals surface area (Å²) in [6.45, 7) is 3.98. The van der Waals surface area contributed by atoms with Crippen LogP contribution in [0.3, 0.4) is 0 Å². The van der Waals surface area contributed by atoms with Crippen molar-refractivity contribution in [3.63, 3.8) is 0 Å². The molecule has 1 saturated carbocycles. The van der Waals surface area contributed by atoms with Gasteiger partial charge < -0.3 is 0 Å². The average molecular weight is 315 g/mol. The zero-order valence-electron chi connectivity index (χ0n) is 13.1. The Morgan fingerprint density at radius 3 is 2.86 bits per heavy atom. The van der Waals surface area contributed by atoms with Crippen molar-refractivity contribution >= 4 is 17.5 Å². The van der Waals surface area contributed by atoms with Gasteiger partial charge in [0.2, 0.25) is 5.16 Å². The highest BCUT2D eigenvalue weighted by Gasteiger charge is 2.21. The Labute approximate surface area is 135 Å². The number of H-pyrrole nitrogens is 1. The lowest BCUT2D eigenvalue weighted by molar-refractivity contribution is 0.102. The van der Waals surface area contributed by atoms with Gasteiger partial charge in [0.15, 0.2) is 5.78 Å². The van der Waals surface area contributed by atoms with Crippen molar-refractivity contribution in [2.24, 2.45) is 0 Å². The molecule has 0 spiro atoms. The van der Waals surface area contributed by atoms with E-state index in [9.17, 15) is 4.79 Å². The van der Waals surface area contributed by atoms with Crippen LogP contribution in [0.15, 0.2) is 23.4 Å². The highest BCUT2D eigenvalue weighted by atomic mass is 32.2. The quantitative estimate of drug-likeness (QED) is 0.668. The van der Waals surface area contributed by atoms with Gasteiger partial charge in [-0.05, 0) is 38.3 Å². The Bertz CT molecular complexity index is 674. The third kappa shape index (κ3) is 3.40. The number of Topliss-reactive ketones (excluding diaryl/α,β-unsaturated/α-hetero) is 1. The van der Waals surface area contributed by atoms with Gasteiger partial charge in [-0.3, -0.25) is 9.89 Å². The first-order valence-electron chi connectivity index (χ1n) is 7.79. The van der Waals surface area contributed by atoms with E-state index in [-0.39, 0.29) is 5.78 Å². The molecule has 1 N–H and O–H groups in total. The number of carbonyl (C=O) groups is 1. The van der Waals surface area contributed by atoms with E-state index in [1.165, 1.54) is 37.4 Å². The van der Waals surface area contributed by atoms with Gasteiger partial charge >= 0.3 is 0 Å². The second-order valence-electron chi connectivity index (χ2n) is 6.01. The lowest BCUT2D eigenvalue weighted by Crippen LogP contribution is -2.05. The van der Waals surface area contributed by atoms with Crippen LogP contribution >= 0.6 is 11.8 Å². The monoisotopic (exact) mass is 315 g/mol. The number of thioether (sulfide) groups is 1. The van der Waals surface area contributed by atoms with Gasteiger partial charge in [0, 0.05) is 11.5 Å². The topological polar surface area (TPSA) is 58.6 Å². The van der Waals surface area contributed by atoms with E-state index in [2.05, 4.69) is 15.2 Å². The van der Waals surface area contributed by atoms with Crippen LogP contribution in [0, 0.1) is 13.8 Å². The lowest BCUT2D eigenvalue weighted by atomic mass is 10.0. The molecule has 1 heterocycles. The van der Waals surface area contributed by atoms with E-state index in [0.717, 1.165) is 22.5 Å². The first-order chi connectivity index (χ1) is 10.6. The molecular formula is C17H21N3OS. The molecule has 0 saturated heterocycles. The normalized spacial score (nSPS) is 15.4. The number of aryl methyl sites for hydroxylation is 2. The van der Waals surface area contributed by atoms with Crippen molar-refractivity contribution in [2.45, 2.75) is 50.6 Å². The summed E-state index contributed by atoms with van der Waals surface area (Å²) in [5.74, 6) is 2.03. The molecule has 1 fully saturated rings. The van der Waals surface area contributed by atoms with Gasteiger partial charge in [-0.2, -0.15) is 0 Å². The second kappa shape index (κ2) is 6.65. The van der Waals surface area contributed by atoms with Crippen molar-refractivity contribution in [1.82, 2.24) is 15.2 Å². The van der Waals surface area contributed by atoms with Gasteiger partial charge in [0.05, 0.1) is 5.75 Å². The number of carbonyl (C=O) groups excluding carboxylic acids is 1. The second-order valence-corrected chi connectivity index (χ2v) is 6.96. The highest BCUT2D eigenvalue weighted by Crippen LogP contribution is 2.32. The van der Waals surface area contributed by atoms with Crippen LogP contribution in [0.5, 0.6) is 0 Å². The van der Waals surface area contributed by atoms with Crippen LogP contribution < -0.4 is 0 Å². The van der Waals surface area contributed by atoms with Crippen LogP contribution in [-0.2, 0) is 0 Å². The summed E-state index contributed by atoms with van der Waals surface area (Å²) in [7, 11) is 0. The SMILES string of the molecule is Cc1ccc(C)c(C(=O)CSc2n[nH]c(C3CCCC3)n2)c1. The number of hydrogen-bond donors (Lipinski definition) is 1. The predicted molar refractivity (Wildman–Crippen MR) is 88.6 cm³/mol. The fourth-order valence-corrected chi connectivity index (χ4v) is 3.64. The summed E-state index contributed by atoms with van der Waals surface area (Å²) < 4.78 is 0. The average Bonchev–Trinajstić information content (AvgIpc) is 3.17. The Morgan fingerprint density at radius 2 is 2.09 bits per heavy atom. The van der Waals surface area contributed by atoms with Crippen LogP contribution in [-0.4, -0.2) is 26.7 Å². The Balaban J connectivity index is 1.62. The third-order valence-electron chi connectivity index (χ3n) is 4.25.